The fraction of sp³-hybridized carbons (Fsp3) is 0.364. The van der Waals surface area contributed by atoms with Crippen molar-refractivity contribution in [2.75, 3.05) is 18.0 Å². The molecule has 1 aromatic carbocycles. The summed E-state index contributed by atoms with van der Waals surface area (Å²) in [5.74, 6) is 0.863. The molecule has 0 saturated carbocycles. The molecule has 29 heavy (non-hydrogen) atoms. The number of amides is 1. The van der Waals surface area contributed by atoms with Gasteiger partial charge in [-0.1, -0.05) is 36.4 Å². The average Bonchev–Trinajstić information content (AvgIpc) is 3.17. The number of aromatic nitrogens is 3. The van der Waals surface area contributed by atoms with Gasteiger partial charge in [0.1, 0.15) is 5.82 Å². The highest BCUT2D eigenvalue weighted by Gasteiger charge is 2.17. The zero-order valence-corrected chi connectivity index (χ0v) is 17.7. The largest absolute Gasteiger partial charge is 0.356 e. The standard InChI is InChI=1S/C22H27N5OS/c1-17(2)27(15-12-21(28)24-14-11-19-10-6-7-13-23-19)22-25-20(26-29-22)16-18-8-4-3-5-9-18/h3-10,13,17H,11-12,14-16H2,1-2H3,(H,24,28). The number of carbonyl (C=O) groups is 1. The number of nitrogens with zero attached hydrogens (tertiary/aromatic N) is 4. The number of carbonyl (C=O) groups excluding carboxylic acids is 1. The Balaban J connectivity index is 1.49. The van der Waals surface area contributed by atoms with Gasteiger partial charge in [0.15, 0.2) is 0 Å². The third kappa shape index (κ3) is 6.64. The lowest BCUT2D eigenvalue weighted by Crippen LogP contribution is -2.35. The zero-order valence-electron chi connectivity index (χ0n) is 16.9. The monoisotopic (exact) mass is 409 g/mol. The van der Waals surface area contributed by atoms with E-state index in [4.69, 9.17) is 4.98 Å². The second-order valence-electron chi connectivity index (χ2n) is 7.11. The van der Waals surface area contributed by atoms with Gasteiger partial charge in [-0.15, -0.1) is 0 Å². The minimum Gasteiger partial charge on any atom is -0.356 e. The van der Waals surface area contributed by atoms with Crippen LogP contribution in [0.1, 0.15) is 37.4 Å². The molecule has 0 unspecified atom stereocenters. The first-order valence-electron chi connectivity index (χ1n) is 9.91. The van der Waals surface area contributed by atoms with Crippen molar-refractivity contribution in [3.05, 3.63) is 71.8 Å². The van der Waals surface area contributed by atoms with Crippen LogP contribution < -0.4 is 10.2 Å². The maximum absolute atomic E-state index is 12.2. The summed E-state index contributed by atoms with van der Waals surface area (Å²) < 4.78 is 4.51. The lowest BCUT2D eigenvalue weighted by Gasteiger charge is -2.25. The smallest absolute Gasteiger partial charge is 0.221 e. The molecule has 0 atom stereocenters. The Morgan fingerprint density at radius 1 is 1.14 bits per heavy atom. The fourth-order valence-corrected chi connectivity index (χ4v) is 3.82. The van der Waals surface area contributed by atoms with Crippen molar-refractivity contribution in [1.29, 1.82) is 0 Å². The maximum atomic E-state index is 12.2. The van der Waals surface area contributed by atoms with Gasteiger partial charge in [0.25, 0.3) is 0 Å². The summed E-state index contributed by atoms with van der Waals surface area (Å²) in [4.78, 5) is 23.4. The van der Waals surface area contributed by atoms with Gasteiger partial charge < -0.3 is 10.2 Å². The van der Waals surface area contributed by atoms with E-state index in [9.17, 15) is 4.79 Å². The number of hydrogen-bond donors (Lipinski definition) is 1. The van der Waals surface area contributed by atoms with Gasteiger partial charge in [-0.3, -0.25) is 9.78 Å². The summed E-state index contributed by atoms with van der Waals surface area (Å²) in [7, 11) is 0. The molecule has 0 radical (unpaired) electrons. The summed E-state index contributed by atoms with van der Waals surface area (Å²) in [5, 5.41) is 3.84. The van der Waals surface area contributed by atoms with Crippen LogP contribution in [-0.4, -0.2) is 39.4 Å². The molecule has 0 spiro atoms. The lowest BCUT2D eigenvalue weighted by atomic mass is 10.1. The molecule has 1 amide bonds. The predicted octanol–water partition coefficient (Wildman–Crippen LogP) is 3.49. The highest BCUT2D eigenvalue weighted by Crippen LogP contribution is 2.21. The van der Waals surface area contributed by atoms with E-state index in [1.54, 1.807) is 6.20 Å². The van der Waals surface area contributed by atoms with Crippen LogP contribution in [0.4, 0.5) is 5.13 Å². The maximum Gasteiger partial charge on any atom is 0.221 e. The van der Waals surface area contributed by atoms with Crippen LogP contribution >= 0.6 is 11.5 Å². The quantitative estimate of drug-likeness (QED) is 0.555. The molecular formula is C22H27N5OS. The van der Waals surface area contributed by atoms with E-state index < -0.39 is 0 Å². The molecule has 0 saturated heterocycles. The minimum absolute atomic E-state index is 0.0422. The number of pyridine rings is 1. The molecule has 7 heteroatoms. The Labute approximate surface area is 176 Å². The predicted molar refractivity (Wildman–Crippen MR) is 117 cm³/mol. The molecular weight excluding hydrogens is 382 g/mol. The van der Waals surface area contributed by atoms with Crippen LogP contribution in [-0.2, 0) is 17.6 Å². The number of rotatable bonds is 10. The van der Waals surface area contributed by atoms with E-state index in [0.717, 1.165) is 29.5 Å². The second kappa shape index (κ2) is 10.7. The number of hydrogen-bond acceptors (Lipinski definition) is 6. The first-order chi connectivity index (χ1) is 14.1. The molecule has 2 heterocycles. The topological polar surface area (TPSA) is 71.0 Å². The zero-order chi connectivity index (χ0) is 20.5. The first kappa shape index (κ1) is 20.9. The second-order valence-corrected chi connectivity index (χ2v) is 7.84. The summed E-state index contributed by atoms with van der Waals surface area (Å²) in [6.07, 6.45) is 3.65. The lowest BCUT2D eigenvalue weighted by molar-refractivity contribution is -0.120. The average molecular weight is 410 g/mol. The van der Waals surface area contributed by atoms with Crippen LogP contribution in [0.2, 0.25) is 0 Å². The van der Waals surface area contributed by atoms with E-state index in [-0.39, 0.29) is 11.9 Å². The SMILES string of the molecule is CC(C)N(CCC(=O)NCCc1ccccn1)c1nc(Cc2ccccc2)ns1. The normalized spacial score (nSPS) is 10.9. The van der Waals surface area contributed by atoms with E-state index in [1.165, 1.54) is 17.1 Å². The van der Waals surface area contributed by atoms with Crippen molar-refractivity contribution >= 4 is 22.6 Å². The van der Waals surface area contributed by atoms with E-state index in [0.29, 0.717) is 19.5 Å². The molecule has 1 N–H and O–H groups in total. The molecule has 2 aromatic heterocycles. The van der Waals surface area contributed by atoms with Crippen LogP contribution in [0.3, 0.4) is 0 Å². The van der Waals surface area contributed by atoms with Gasteiger partial charge in [-0.25, -0.2) is 4.98 Å². The van der Waals surface area contributed by atoms with Gasteiger partial charge in [0.2, 0.25) is 11.0 Å². The number of anilines is 1. The summed E-state index contributed by atoms with van der Waals surface area (Å²) >= 11 is 1.40. The van der Waals surface area contributed by atoms with Crippen LogP contribution in [0.5, 0.6) is 0 Å². The number of benzene rings is 1. The summed E-state index contributed by atoms with van der Waals surface area (Å²) in [6.45, 7) is 5.43. The van der Waals surface area contributed by atoms with Crippen molar-refractivity contribution in [2.24, 2.45) is 0 Å². The van der Waals surface area contributed by atoms with E-state index in [1.807, 2.05) is 36.4 Å². The van der Waals surface area contributed by atoms with Gasteiger partial charge in [0.05, 0.1) is 0 Å². The van der Waals surface area contributed by atoms with Crippen molar-refractivity contribution in [3.8, 4) is 0 Å². The fourth-order valence-electron chi connectivity index (χ4n) is 2.97. The van der Waals surface area contributed by atoms with Gasteiger partial charge in [-0.2, -0.15) is 4.37 Å². The molecule has 3 aromatic rings. The molecule has 3 rings (SSSR count). The number of nitrogens with one attached hydrogen (secondary N) is 1. The molecule has 0 aliphatic heterocycles. The molecule has 0 bridgehead atoms. The third-order valence-corrected chi connectivity index (χ3v) is 5.33. The molecule has 152 valence electrons. The summed E-state index contributed by atoms with van der Waals surface area (Å²) in [5.41, 5.74) is 2.18. The van der Waals surface area contributed by atoms with Crippen molar-refractivity contribution in [3.63, 3.8) is 0 Å². The minimum atomic E-state index is 0.0422. The third-order valence-electron chi connectivity index (χ3n) is 4.54. The first-order valence-corrected chi connectivity index (χ1v) is 10.7. The van der Waals surface area contributed by atoms with Crippen molar-refractivity contribution in [2.45, 2.75) is 39.2 Å². The van der Waals surface area contributed by atoms with Crippen molar-refractivity contribution in [1.82, 2.24) is 19.7 Å². The molecule has 0 aliphatic rings. The Bertz CT molecular complexity index is 882. The molecule has 6 nitrogen and oxygen atoms in total. The Morgan fingerprint density at radius 3 is 2.66 bits per heavy atom. The van der Waals surface area contributed by atoms with Gasteiger partial charge >= 0.3 is 0 Å². The van der Waals surface area contributed by atoms with Crippen LogP contribution in [0, 0.1) is 0 Å². The van der Waals surface area contributed by atoms with E-state index in [2.05, 4.69) is 45.6 Å². The summed E-state index contributed by atoms with van der Waals surface area (Å²) in [6, 6.07) is 16.3. The Kier molecular flexibility index (Phi) is 7.69. The van der Waals surface area contributed by atoms with Crippen LogP contribution in [0.25, 0.3) is 0 Å². The molecule has 0 aliphatic carbocycles. The van der Waals surface area contributed by atoms with Gasteiger partial charge in [0, 0.05) is 61.8 Å². The molecule has 0 fully saturated rings. The highest BCUT2D eigenvalue weighted by molar-refractivity contribution is 7.09. The highest BCUT2D eigenvalue weighted by atomic mass is 32.1. The van der Waals surface area contributed by atoms with E-state index >= 15 is 0 Å². The van der Waals surface area contributed by atoms with Gasteiger partial charge in [-0.05, 0) is 31.5 Å². The Hall–Kier alpha value is -2.80. The Morgan fingerprint density at radius 2 is 1.93 bits per heavy atom. The van der Waals surface area contributed by atoms with Crippen molar-refractivity contribution < 1.29 is 4.79 Å². The van der Waals surface area contributed by atoms with Crippen LogP contribution in [0.15, 0.2) is 54.7 Å².